The Morgan fingerprint density at radius 3 is 2.06 bits per heavy atom. The fraction of sp³-hybridized carbons (Fsp3) is 0.538. The van der Waals surface area contributed by atoms with E-state index in [1.165, 1.54) is 11.8 Å². The minimum atomic E-state index is -3.14. The van der Waals surface area contributed by atoms with Gasteiger partial charge in [-0.3, -0.25) is 0 Å². The van der Waals surface area contributed by atoms with Gasteiger partial charge in [-0.15, -0.1) is 0 Å². The van der Waals surface area contributed by atoms with Gasteiger partial charge >= 0.3 is 0 Å². The fourth-order valence-corrected chi connectivity index (χ4v) is 3.15. The van der Waals surface area contributed by atoms with E-state index in [-0.39, 0.29) is 5.54 Å². The van der Waals surface area contributed by atoms with Gasteiger partial charge in [-0.05, 0) is 29.9 Å². The first-order valence-electron chi connectivity index (χ1n) is 5.92. The highest BCUT2D eigenvalue weighted by atomic mass is 32.2. The summed E-state index contributed by atoms with van der Waals surface area (Å²) in [5.41, 5.74) is 2.03. The van der Waals surface area contributed by atoms with E-state index in [0.29, 0.717) is 5.92 Å². The van der Waals surface area contributed by atoms with Gasteiger partial charge in [-0.1, -0.05) is 38.1 Å². The minimum Gasteiger partial charge on any atom is -0.213 e. The summed E-state index contributed by atoms with van der Waals surface area (Å²) in [6, 6.07) is 8.26. The normalized spacial score (nSPS) is 18.4. The first kappa shape index (κ1) is 12.6. The topological polar surface area (TPSA) is 46.2 Å². The van der Waals surface area contributed by atoms with Crippen LogP contribution in [0.25, 0.3) is 0 Å². The molecule has 94 valence electrons. The van der Waals surface area contributed by atoms with E-state index in [4.69, 9.17) is 0 Å². The molecule has 0 atom stereocenters. The molecule has 0 bridgehead atoms. The van der Waals surface area contributed by atoms with Crippen molar-refractivity contribution < 1.29 is 8.42 Å². The average molecular weight is 253 g/mol. The third-order valence-electron chi connectivity index (χ3n) is 3.26. The maximum Gasteiger partial charge on any atom is 0.209 e. The molecule has 0 radical (unpaired) electrons. The molecular formula is C13H19NO2S. The van der Waals surface area contributed by atoms with Gasteiger partial charge in [0.15, 0.2) is 0 Å². The summed E-state index contributed by atoms with van der Waals surface area (Å²) < 4.78 is 25.4. The average Bonchev–Trinajstić information content (AvgIpc) is 2.96. The van der Waals surface area contributed by atoms with Crippen LogP contribution < -0.4 is 4.72 Å². The van der Waals surface area contributed by atoms with Gasteiger partial charge < -0.3 is 0 Å². The molecule has 0 unspecified atom stereocenters. The monoisotopic (exact) mass is 253 g/mol. The molecule has 1 saturated carbocycles. The van der Waals surface area contributed by atoms with Crippen LogP contribution >= 0.6 is 0 Å². The maximum atomic E-state index is 11.3. The minimum absolute atomic E-state index is 0.330. The Hall–Kier alpha value is -0.870. The lowest BCUT2D eigenvalue weighted by molar-refractivity contribution is 0.557. The summed E-state index contributed by atoms with van der Waals surface area (Å²) in [4.78, 5) is 0. The molecule has 1 aromatic carbocycles. The van der Waals surface area contributed by atoms with Crippen LogP contribution in [-0.4, -0.2) is 14.7 Å². The van der Waals surface area contributed by atoms with Crippen molar-refractivity contribution in [1.82, 2.24) is 4.72 Å². The predicted octanol–water partition coefficient (Wildman–Crippen LogP) is 2.35. The zero-order valence-corrected chi connectivity index (χ0v) is 11.3. The van der Waals surface area contributed by atoms with E-state index in [1.807, 2.05) is 12.1 Å². The van der Waals surface area contributed by atoms with Crippen molar-refractivity contribution in [2.24, 2.45) is 0 Å². The fourth-order valence-electron chi connectivity index (χ4n) is 2.12. The Morgan fingerprint density at radius 2 is 1.71 bits per heavy atom. The molecule has 1 N–H and O–H groups in total. The number of hydrogen-bond acceptors (Lipinski definition) is 2. The van der Waals surface area contributed by atoms with Gasteiger partial charge in [-0.25, -0.2) is 13.1 Å². The summed E-state index contributed by atoms with van der Waals surface area (Å²) in [6.45, 7) is 4.30. The number of rotatable bonds is 4. The summed E-state index contributed by atoms with van der Waals surface area (Å²) in [7, 11) is -3.14. The number of nitrogens with one attached hydrogen (secondary N) is 1. The molecule has 0 saturated heterocycles. The Bertz CT molecular complexity index is 499. The van der Waals surface area contributed by atoms with Gasteiger partial charge in [0, 0.05) is 0 Å². The molecule has 0 aliphatic heterocycles. The Balaban J connectivity index is 2.23. The molecule has 3 nitrogen and oxygen atoms in total. The molecule has 0 amide bonds. The quantitative estimate of drug-likeness (QED) is 0.895. The molecule has 2 rings (SSSR count). The third kappa shape index (κ3) is 2.87. The van der Waals surface area contributed by atoms with Gasteiger partial charge in [0.2, 0.25) is 10.0 Å². The molecule has 0 spiro atoms. The van der Waals surface area contributed by atoms with Crippen LogP contribution in [0.5, 0.6) is 0 Å². The van der Waals surface area contributed by atoms with Crippen LogP contribution in [-0.2, 0) is 15.6 Å². The molecule has 1 aliphatic carbocycles. The second-order valence-corrected chi connectivity index (χ2v) is 6.98. The highest BCUT2D eigenvalue weighted by Gasteiger charge is 2.46. The third-order valence-corrected chi connectivity index (χ3v) is 4.02. The molecule has 1 aromatic rings. The Labute approximate surface area is 103 Å². The van der Waals surface area contributed by atoms with Crippen molar-refractivity contribution in [3.8, 4) is 0 Å². The SMILES string of the molecule is CC(C)c1ccc(C2(NS(C)(=O)=O)CC2)cc1. The van der Waals surface area contributed by atoms with Gasteiger partial charge in [-0.2, -0.15) is 0 Å². The molecule has 0 heterocycles. The lowest BCUT2D eigenvalue weighted by atomic mass is 9.98. The predicted molar refractivity (Wildman–Crippen MR) is 69.4 cm³/mol. The lowest BCUT2D eigenvalue weighted by Crippen LogP contribution is -2.33. The van der Waals surface area contributed by atoms with Crippen LogP contribution in [0.4, 0.5) is 0 Å². The largest absolute Gasteiger partial charge is 0.213 e. The van der Waals surface area contributed by atoms with E-state index in [1.54, 1.807) is 0 Å². The second kappa shape index (κ2) is 4.10. The second-order valence-electron chi connectivity index (χ2n) is 5.23. The Kier molecular flexibility index (Phi) is 3.04. The summed E-state index contributed by atoms with van der Waals surface area (Å²) in [6.07, 6.45) is 3.00. The van der Waals surface area contributed by atoms with Crippen molar-refractivity contribution >= 4 is 10.0 Å². The van der Waals surface area contributed by atoms with Crippen LogP contribution in [0.1, 0.15) is 43.7 Å². The summed E-state index contributed by atoms with van der Waals surface area (Å²) in [5, 5.41) is 0. The summed E-state index contributed by atoms with van der Waals surface area (Å²) >= 11 is 0. The van der Waals surface area contributed by atoms with Crippen molar-refractivity contribution in [1.29, 1.82) is 0 Å². The first-order chi connectivity index (χ1) is 7.82. The van der Waals surface area contributed by atoms with Crippen molar-refractivity contribution in [2.75, 3.05) is 6.26 Å². The van der Waals surface area contributed by atoms with E-state index >= 15 is 0 Å². The van der Waals surface area contributed by atoms with Crippen molar-refractivity contribution in [3.63, 3.8) is 0 Å². The number of hydrogen-bond donors (Lipinski definition) is 1. The van der Waals surface area contributed by atoms with Crippen LogP contribution in [0.2, 0.25) is 0 Å². The molecular weight excluding hydrogens is 234 g/mol. The van der Waals surface area contributed by atoms with E-state index in [2.05, 4.69) is 30.7 Å². The van der Waals surface area contributed by atoms with Gasteiger partial charge in [0.1, 0.15) is 0 Å². The van der Waals surface area contributed by atoms with Crippen molar-refractivity contribution in [3.05, 3.63) is 35.4 Å². The van der Waals surface area contributed by atoms with Gasteiger partial charge in [0.25, 0.3) is 0 Å². The zero-order valence-electron chi connectivity index (χ0n) is 10.5. The standard InChI is InChI=1S/C13H19NO2S/c1-10(2)11-4-6-12(7-5-11)13(8-9-13)14-17(3,15)16/h4-7,10,14H,8-9H2,1-3H3. The van der Waals surface area contributed by atoms with E-state index in [0.717, 1.165) is 18.4 Å². The smallest absolute Gasteiger partial charge is 0.209 e. The first-order valence-corrected chi connectivity index (χ1v) is 7.81. The maximum absolute atomic E-state index is 11.3. The molecule has 1 aliphatic rings. The lowest BCUT2D eigenvalue weighted by Gasteiger charge is -2.17. The van der Waals surface area contributed by atoms with E-state index < -0.39 is 10.0 Å². The van der Waals surface area contributed by atoms with Crippen LogP contribution in [0, 0.1) is 0 Å². The van der Waals surface area contributed by atoms with Crippen molar-refractivity contribution in [2.45, 2.75) is 38.1 Å². The van der Waals surface area contributed by atoms with Gasteiger partial charge in [0.05, 0.1) is 11.8 Å². The highest BCUT2D eigenvalue weighted by Crippen LogP contribution is 2.46. The number of sulfonamides is 1. The Morgan fingerprint density at radius 1 is 1.18 bits per heavy atom. The molecule has 4 heteroatoms. The van der Waals surface area contributed by atoms with E-state index in [9.17, 15) is 8.42 Å². The highest BCUT2D eigenvalue weighted by molar-refractivity contribution is 7.88. The molecule has 17 heavy (non-hydrogen) atoms. The number of benzene rings is 1. The summed E-state index contributed by atoms with van der Waals surface area (Å²) in [5.74, 6) is 0.502. The van der Waals surface area contributed by atoms with Crippen LogP contribution in [0.15, 0.2) is 24.3 Å². The molecule has 1 fully saturated rings. The zero-order chi connectivity index (χ0) is 12.7. The van der Waals surface area contributed by atoms with Crippen LogP contribution in [0.3, 0.4) is 0 Å². The molecule has 0 aromatic heterocycles.